The van der Waals surface area contributed by atoms with E-state index in [1.807, 2.05) is 0 Å². The molecule has 0 aromatic carbocycles. The number of rotatable bonds is 2. The van der Waals surface area contributed by atoms with E-state index in [-0.39, 0.29) is 0 Å². The highest BCUT2D eigenvalue weighted by Gasteiger charge is 2.33. The van der Waals surface area contributed by atoms with Crippen LogP contribution >= 0.6 is 0 Å². The molecule has 4 atom stereocenters. The molecule has 0 aromatic heterocycles. The van der Waals surface area contributed by atoms with Gasteiger partial charge in [-0.15, -0.1) is 0 Å². The number of hydrogen-bond donors (Lipinski definition) is 1. The Labute approximate surface area is 87.2 Å². The molecule has 4 unspecified atom stereocenters. The highest BCUT2D eigenvalue weighted by molar-refractivity contribution is 4.83. The second kappa shape index (κ2) is 4.63. The maximum absolute atomic E-state index is 5.97. The number of nitrogens with two attached hydrogens (primary N) is 1. The Morgan fingerprint density at radius 2 is 2.07 bits per heavy atom. The third kappa shape index (κ3) is 2.29. The van der Waals surface area contributed by atoms with Crippen molar-refractivity contribution >= 4 is 0 Å². The maximum atomic E-state index is 5.97. The van der Waals surface area contributed by atoms with Crippen molar-refractivity contribution < 1.29 is 4.74 Å². The predicted octanol–water partition coefficient (Wildman–Crippen LogP) is 2.32. The lowest BCUT2D eigenvalue weighted by atomic mass is 9.79. The fourth-order valence-electron chi connectivity index (χ4n) is 3.07. The molecule has 14 heavy (non-hydrogen) atoms. The molecule has 1 heterocycles. The van der Waals surface area contributed by atoms with Crippen LogP contribution in [0.1, 0.15) is 45.4 Å². The summed E-state index contributed by atoms with van der Waals surface area (Å²) in [5.41, 5.74) is 5.63. The van der Waals surface area contributed by atoms with Crippen LogP contribution in [-0.2, 0) is 4.74 Å². The molecule has 0 amide bonds. The van der Waals surface area contributed by atoms with Crippen LogP contribution in [0.15, 0.2) is 0 Å². The standard InChI is InChI=1S/C12H23NO/c1-9-3-2-4-10(7-9)12-6-5-11(8-13)14-12/h9-12H,2-8,13H2,1H3. The highest BCUT2D eigenvalue weighted by Crippen LogP contribution is 2.36. The first-order valence-corrected chi connectivity index (χ1v) is 6.15. The summed E-state index contributed by atoms with van der Waals surface area (Å²) >= 11 is 0. The third-order valence-electron chi connectivity index (χ3n) is 3.91. The van der Waals surface area contributed by atoms with Crippen LogP contribution < -0.4 is 5.73 Å². The molecule has 2 nitrogen and oxygen atoms in total. The summed E-state index contributed by atoms with van der Waals surface area (Å²) in [4.78, 5) is 0. The van der Waals surface area contributed by atoms with Crippen molar-refractivity contribution in [3.05, 3.63) is 0 Å². The smallest absolute Gasteiger partial charge is 0.0702 e. The van der Waals surface area contributed by atoms with E-state index in [2.05, 4.69) is 6.92 Å². The van der Waals surface area contributed by atoms with Crippen molar-refractivity contribution in [2.75, 3.05) is 6.54 Å². The summed E-state index contributed by atoms with van der Waals surface area (Å²) in [5, 5.41) is 0. The second-order valence-corrected chi connectivity index (χ2v) is 5.14. The van der Waals surface area contributed by atoms with Gasteiger partial charge in [0.05, 0.1) is 12.2 Å². The molecule has 1 aliphatic heterocycles. The van der Waals surface area contributed by atoms with Crippen LogP contribution in [0.5, 0.6) is 0 Å². The first kappa shape index (κ1) is 10.4. The Hall–Kier alpha value is -0.0800. The van der Waals surface area contributed by atoms with E-state index in [1.54, 1.807) is 0 Å². The quantitative estimate of drug-likeness (QED) is 0.737. The van der Waals surface area contributed by atoms with Gasteiger partial charge in [0, 0.05) is 6.54 Å². The lowest BCUT2D eigenvalue weighted by Crippen LogP contribution is -2.28. The second-order valence-electron chi connectivity index (χ2n) is 5.14. The predicted molar refractivity (Wildman–Crippen MR) is 58.1 cm³/mol. The molecule has 2 N–H and O–H groups in total. The third-order valence-corrected chi connectivity index (χ3v) is 3.91. The first-order valence-electron chi connectivity index (χ1n) is 6.15. The van der Waals surface area contributed by atoms with Gasteiger partial charge >= 0.3 is 0 Å². The van der Waals surface area contributed by atoms with Crippen LogP contribution in [-0.4, -0.2) is 18.8 Å². The Morgan fingerprint density at radius 3 is 2.71 bits per heavy atom. The lowest BCUT2D eigenvalue weighted by Gasteiger charge is -2.31. The summed E-state index contributed by atoms with van der Waals surface area (Å²) in [6.07, 6.45) is 8.91. The molecule has 2 fully saturated rings. The molecule has 0 aromatic rings. The average molecular weight is 197 g/mol. The van der Waals surface area contributed by atoms with E-state index in [0.717, 1.165) is 11.8 Å². The lowest BCUT2D eigenvalue weighted by molar-refractivity contribution is -0.00136. The fraction of sp³-hybridized carbons (Fsp3) is 1.00. The Kier molecular flexibility index (Phi) is 3.45. The monoisotopic (exact) mass is 197 g/mol. The van der Waals surface area contributed by atoms with E-state index in [0.29, 0.717) is 18.8 Å². The SMILES string of the molecule is CC1CCCC(C2CCC(CN)O2)C1. The van der Waals surface area contributed by atoms with Crippen LogP contribution in [0.3, 0.4) is 0 Å². The minimum atomic E-state index is 0.359. The van der Waals surface area contributed by atoms with Crippen LogP contribution in [0.2, 0.25) is 0 Å². The van der Waals surface area contributed by atoms with Crippen LogP contribution in [0.4, 0.5) is 0 Å². The van der Waals surface area contributed by atoms with Gasteiger partial charge in [0.1, 0.15) is 0 Å². The van der Waals surface area contributed by atoms with Crippen LogP contribution in [0.25, 0.3) is 0 Å². The molecule has 0 bridgehead atoms. The van der Waals surface area contributed by atoms with Gasteiger partial charge in [-0.2, -0.15) is 0 Å². The maximum Gasteiger partial charge on any atom is 0.0702 e. The Bertz CT molecular complexity index is 183. The minimum absolute atomic E-state index is 0.359. The van der Waals surface area contributed by atoms with Gasteiger partial charge in [-0.25, -0.2) is 0 Å². The van der Waals surface area contributed by atoms with Gasteiger partial charge in [0.25, 0.3) is 0 Å². The van der Waals surface area contributed by atoms with E-state index in [4.69, 9.17) is 10.5 Å². The topological polar surface area (TPSA) is 35.2 Å². The van der Waals surface area contributed by atoms with Gasteiger partial charge < -0.3 is 10.5 Å². The summed E-state index contributed by atoms with van der Waals surface area (Å²) in [5.74, 6) is 1.74. The molecule has 0 radical (unpaired) electrons. The van der Waals surface area contributed by atoms with Gasteiger partial charge in [-0.1, -0.05) is 19.8 Å². The zero-order chi connectivity index (χ0) is 9.97. The zero-order valence-electron chi connectivity index (χ0n) is 9.24. The summed E-state index contributed by atoms with van der Waals surface area (Å²) < 4.78 is 5.97. The minimum Gasteiger partial charge on any atom is -0.373 e. The molecule has 1 saturated carbocycles. The Balaban J connectivity index is 1.83. The molecule has 2 heteroatoms. The van der Waals surface area contributed by atoms with E-state index in [9.17, 15) is 0 Å². The molecule has 0 spiro atoms. The number of hydrogen-bond acceptors (Lipinski definition) is 2. The van der Waals surface area contributed by atoms with Crippen LogP contribution in [0, 0.1) is 11.8 Å². The van der Waals surface area contributed by atoms with Crippen molar-refractivity contribution in [3.63, 3.8) is 0 Å². The van der Waals surface area contributed by atoms with Crippen molar-refractivity contribution in [3.8, 4) is 0 Å². The molecule has 2 aliphatic rings. The summed E-state index contributed by atoms with van der Waals surface area (Å²) in [6.45, 7) is 3.08. The van der Waals surface area contributed by atoms with E-state index < -0.39 is 0 Å². The molecule has 1 saturated heterocycles. The fourth-order valence-corrected chi connectivity index (χ4v) is 3.07. The van der Waals surface area contributed by atoms with Gasteiger partial charge in [-0.05, 0) is 37.5 Å². The number of ether oxygens (including phenoxy) is 1. The van der Waals surface area contributed by atoms with Gasteiger partial charge in [0.15, 0.2) is 0 Å². The van der Waals surface area contributed by atoms with Gasteiger partial charge in [0.2, 0.25) is 0 Å². The molecule has 2 rings (SSSR count). The summed E-state index contributed by atoms with van der Waals surface area (Å²) in [6, 6.07) is 0. The van der Waals surface area contributed by atoms with Crippen molar-refractivity contribution in [1.82, 2.24) is 0 Å². The van der Waals surface area contributed by atoms with Gasteiger partial charge in [-0.3, -0.25) is 0 Å². The largest absolute Gasteiger partial charge is 0.373 e. The zero-order valence-corrected chi connectivity index (χ0v) is 9.24. The Morgan fingerprint density at radius 1 is 1.21 bits per heavy atom. The molecule has 82 valence electrons. The van der Waals surface area contributed by atoms with E-state index >= 15 is 0 Å². The first-order chi connectivity index (χ1) is 6.79. The molecular formula is C12H23NO. The summed E-state index contributed by atoms with van der Waals surface area (Å²) in [7, 11) is 0. The van der Waals surface area contributed by atoms with Crippen molar-refractivity contribution in [2.24, 2.45) is 17.6 Å². The van der Waals surface area contributed by atoms with Crippen molar-refractivity contribution in [1.29, 1.82) is 0 Å². The average Bonchev–Trinajstić information content (AvgIpc) is 2.66. The van der Waals surface area contributed by atoms with E-state index in [1.165, 1.54) is 38.5 Å². The van der Waals surface area contributed by atoms with Crippen molar-refractivity contribution in [2.45, 2.75) is 57.7 Å². The molecule has 1 aliphatic carbocycles. The normalized spacial score (nSPS) is 44.1. The molecular weight excluding hydrogens is 174 g/mol. The highest BCUT2D eigenvalue weighted by atomic mass is 16.5.